The highest BCUT2D eigenvalue weighted by atomic mass is 32.1. The SMILES string of the molecule is O=C(NCCN(S)CCNC(=O)c1cccn(O)c1=O)c1ccc[nH]c1=O. The highest BCUT2D eigenvalue weighted by Crippen LogP contribution is 1.94. The van der Waals surface area contributed by atoms with Gasteiger partial charge in [-0.3, -0.25) is 19.2 Å². The molecular weight excluding hydrogens is 374 g/mol. The van der Waals surface area contributed by atoms with Gasteiger partial charge in [0.2, 0.25) is 0 Å². The number of rotatable bonds is 8. The zero-order valence-electron chi connectivity index (χ0n) is 14.2. The van der Waals surface area contributed by atoms with Gasteiger partial charge < -0.3 is 20.8 Å². The number of nitrogens with one attached hydrogen (secondary N) is 3. The van der Waals surface area contributed by atoms with Gasteiger partial charge in [0.25, 0.3) is 22.9 Å². The quantitative estimate of drug-likeness (QED) is 0.291. The van der Waals surface area contributed by atoms with Crippen LogP contribution in [0.3, 0.4) is 0 Å². The zero-order valence-corrected chi connectivity index (χ0v) is 15.1. The van der Waals surface area contributed by atoms with Gasteiger partial charge in [-0.1, -0.05) is 12.8 Å². The summed E-state index contributed by atoms with van der Waals surface area (Å²) in [6, 6.07) is 5.67. The Labute approximate surface area is 159 Å². The Morgan fingerprint density at radius 3 is 2.30 bits per heavy atom. The molecule has 0 atom stereocenters. The van der Waals surface area contributed by atoms with Crippen molar-refractivity contribution in [3.05, 3.63) is 68.5 Å². The molecule has 0 saturated carbocycles. The fourth-order valence-electron chi connectivity index (χ4n) is 2.16. The van der Waals surface area contributed by atoms with Gasteiger partial charge in [-0.2, -0.15) is 4.73 Å². The average Bonchev–Trinajstić information content (AvgIpc) is 2.64. The molecule has 4 N–H and O–H groups in total. The van der Waals surface area contributed by atoms with E-state index in [1.54, 1.807) is 10.4 Å². The van der Waals surface area contributed by atoms with E-state index in [0.717, 1.165) is 6.20 Å². The summed E-state index contributed by atoms with van der Waals surface area (Å²) >= 11 is 4.22. The van der Waals surface area contributed by atoms with Crippen molar-refractivity contribution >= 4 is 24.6 Å². The average molecular weight is 393 g/mol. The lowest BCUT2D eigenvalue weighted by Crippen LogP contribution is -2.38. The number of hydrogen-bond donors (Lipinski definition) is 5. The first kappa shape index (κ1) is 20.3. The lowest BCUT2D eigenvalue weighted by Gasteiger charge is -2.16. The third kappa shape index (κ3) is 5.72. The molecule has 0 aliphatic carbocycles. The normalized spacial score (nSPS) is 10.6. The highest BCUT2D eigenvalue weighted by Gasteiger charge is 2.12. The second-order valence-electron chi connectivity index (χ2n) is 5.45. The van der Waals surface area contributed by atoms with Crippen LogP contribution in [0.4, 0.5) is 0 Å². The van der Waals surface area contributed by atoms with Crippen molar-refractivity contribution in [3.8, 4) is 0 Å². The lowest BCUT2D eigenvalue weighted by atomic mass is 10.2. The van der Waals surface area contributed by atoms with Crippen LogP contribution >= 0.6 is 12.8 Å². The predicted molar refractivity (Wildman–Crippen MR) is 100 cm³/mol. The second kappa shape index (κ2) is 9.59. The Balaban J connectivity index is 1.71. The van der Waals surface area contributed by atoms with Crippen LogP contribution in [-0.4, -0.2) is 57.2 Å². The van der Waals surface area contributed by atoms with Crippen LogP contribution in [0.25, 0.3) is 0 Å². The molecule has 10 nitrogen and oxygen atoms in total. The molecule has 2 heterocycles. The number of amides is 2. The van der Waals surface area contributed by atoms with Gasteiger partial charge in [0.1, 0.15) is 11.1 Å². The lowest BCUT2D eigenvalue weighted by molar-refractivity contribution is 0.0942. The topological polar surface area (TPSA) is 137 Å². The number of carbonyl (C=O) groups is 2. The first-order valence-corrected chi connectivity index (χ1v) is 8.39. The van der Waals surface area contributed by atoms with E-state index in [4.69, 9.17) is 0 Å². The van der Waals surface area contributed by atoms with Crippen LogP contribution in [0.15, 0.2) is 46.2 Å². The molecule has 144 valence electrons. The molecule has 0 spiro atoms. The van der Waals surface area contributed by atoms with E-state index in [1.165, 1.54) is 24.4 Å². The van der Waals surface area contributed by atoms with Gasteiger partial charge in [0.05, 0.1) is 0 Å². The highest BCUT2D eigenvalue weighted by molar-refractivity contribution is 7.77. The minimum Gasteiger partial charge on any atom is -0.425 e. The van der Waals surface area contributed by atoms with Gasteiger partial charge in [-0.15, -0.1) is 0 Å². The summed E-state index contributed by atoms with van der Waals surface area (Å²) in [5.74, 6) is -1.10. The third-order valence-corrected chi connectivity index (χ3v) is 3.95. The third-order valence-electron chi connectivity index (χ3n) is 3.55. The minimum atomic E-state index is -0.809. The zero-order chi connectivity index (χ0) is 19.8. The summed E-state index contributed by atoms with van der Waals surface area (Å²) in [5.41, 5.74) is -1.43. The van der Waals surface area contributed by atoms with Crippen LogP contribution in [0, 0.1) is 0 Å². The van der Waals surface area contributed by atoms with Crippen molar-refractivity contribution in [2.75, 3.05) is 26.2 Å². The summed E-state index contributed by atoms with van der Waals surface area (Å²) in [6.45, 7) is 1.16. The van der Waals surface area contributed by atoms with E-state index in [9.17, 15) is 24.4 Å². The number of carbonyl (C=O) groups excluding carboxylic acids is 2. The van der Waals surface area contributed by atoms with Gasteiger partial charge in [-0.25, -0.2) is 4.31 Å². The van der Waals surface area contributed by atoms with Crippen LogP contribution in [-0.2, 0) is 0 Å². The van der Waals surface area contributed by atoms with E-state index >= 15 is 0 Å². The molecule has 0 aliphatic heterocycles. The minimum absolute atomic E-state index is 0.0212. The van der Waals surface area contributed by atoms with E-state index in [-0.39, 0.29) is 24.2 Å². The number of H-pyrrole nitrogens is 1. The maximum absolute atomic E-state index is 11.9. The summed E-state index contributed by atoms with van der Waals surface area (Å²) < 4.78 is 1.89. The van der Waals surface area contributed by atoms with Crippen molar-refractivity contribution in [3.63, 3.8) is 0 Å². The number of thiol groups is 1. The molecule has 2 amide bonds. The molecule has 0 aliphatic rings. The molecular formula is C16H19N5O5S. The molecule has 2 aromatic heterocycles. The number of hydrogen-bond acceptors (Lipinski definition) is 7. The van der Waals surface area contributed by atoms with Crippen molar-refractivity contribution in [1.29, 1.82) is 0 Å². The van der Waals surface area contributed by atoms with Crippen LogP contribution < -0.4 is 21.8 Å². The van der Waals surface area contributed by atoms with Crippen molar-refractivity contribution < 1.29 is 14.8 Å². The Kier molecular flexibility index (Phi) is 7.20. The molecule has 11 heteroatoms. The first-order valence-electron chi connectivity index (χ1n) is 7.99. The van der Waals surface area contributed by atoms with E-state index in [2.05, 4.69) is 28.4 Å². The Bertz CT molecular complexity index is 926. The Morgan fingerprint density at radius 1 is 1.07 bits per heavy atom. The van der Waals surface area contributed by atoms with Gasteiger partial charge in [0.15, 0.2) is 0 Å². The number of nitrogens with zero attached hydrogens (tertiary/aromatic N) is 2. The molecule has 0 fully saturated rings. The largest absolute Gasteiger partial charge is 0.425 e. The van der Waals surface area contributed by atoms with Crippen molar-refractivity contribution in [2.24, 2.45) is 0 Å². The number of pyridine rings is 2. The van der Waals surface area contributed by atoms with Gasteiger partial charge in [-0.05, 0) is 24.3 Å². The molecule has 2 aromatic rings. The van der Waals surface area contributed by atoms with Crippen LogP contribution in [0.2, 0.25) is 0 Å². The summed E-state index contributed by atoms with van der Waals surface area (Å²) in [6.07, 6.45) is 2.57. The van der Waals surface area contributed by atoms with E-state index < -0.39 is 22.9 Å². The molecule has 27 heavy (non-hydrogen) atoms. The van der Waals surface area contributed by atoms with Crippen molar-refractivity contribution in [1.82, 2.24) is 24.7 Å². The molecule has 0 bridgehead atoms. The van der Waals surface area contributed by atoms with Gasteiger partial charge in [0, 0.05) is 38.6 Å². The summed E-state index contributed by atoms with van der Waals surface area (Å²) in [4.78, 5) is 49.3. The molecule has 0 aromatic carbocycles. The fraction of sp³-hybridized carbons (Fsp3) is 0.250. The number of aromatic nitrogens is 2. The van der Waals surface area contributed by atoms with E-state index in [0.29, 0.717) is 17.8 Å². The predicted octanol–water partition coefficient (Wildman–Crippen LogP) is -0.919. The fourth-order valence-corrected chi connectivity index (χ4v) is 2.36. The Morgan fingerprint density at radius 2 is 1.67 bits per heavy atom. The molecule has 0 unspecified atom stereocenters. The van der Waals surface area contributed by atoms with Crippen LogP contribution in [0.1, 0.15) is 20.7 Å². The first-order chi connectivity index (χ1) is 12.9. The summed E-state index contributed by atoms with van der Waals surface area (Å²) in [7, 11) is 0. The standard InChI is InChI=1S/C16H19N5O5S/c22-13-11(3-1-5-17-13)14(23)18-6-9-20(27)10-7-19-15(24)12-4-2-8-21(26)16(12)25/h1-5,8,26-27H,6-7,9-10H2,(H,17,22)(H,18,23)(H,19,24). The maximum atomic E-state index is 11.9. The van der Waals surface area contributed by atoms with E-state index in [1.807, 2.05) is 0 Å². The molecule has 2 rings (SSSR count). The monoisotopic (exact) mass is 393 g/mol. The molecule has 0 saturated heterocycles. The summed E-state index contributed by atoms with van der Waals surface area (Å²) in [5, 5.41) is 14.4. The van der Waals surface area contributed by atoms with Gasteiger partial charge >= 0.3 is 0 Å². The van der Waals surface area contributed by atoms with Crippen molar-refractivity contribution in [2.45, 2.75) is 0 Å². The molecule has 0 radical (unpaired) electrons. The maximum Gasteiger partial charge on any atom is 0.295 e. The Hall–Kier alpha value is -3.05. The smallest absolute Gasteiger partial charge is 0.295 e. The second-order valence-corrected chi connectivity index (χ2v) is 6.02. The number of aromatic amines is 1. The van der Waals surface area contributed by atoms with Crippen LogP contribution in [0.5, 0.6) is 0 Å².